The van der Waals surface area contributed by atoms with Crippen LogP contribution < -0.4 is 15.4 Å². The molecule has 1 saturated carbocycles. The van der Waals surface area contributed by atoms with Gasteiger partial charge in [-0.2, -0.15) is 13.2 Å². The van der Waals surface area contributed by atoms with Crippen LogP contribution in [0.15, 0.2) is 48.5 Å². The summed E-state index contributed by atoms with van der Waals surface area (Å²) in [7, 11) is 0. The van der Waals surface area contributed by atoms with Crippen LogP contribution in [0.2, 0.25) is 0 Å². The van der Waals surface area contributed by atoms with Crippen molar-refractivity contribution in [2.24, 2.45) is 0 Å². The maximum absolute atomic E-state index is 13.6. The fourth-order valence-electron chi connectivity index (χ4n) is 8.97. The number of thiophene rings is 1. The summed E-state index contributed by atoms with van der Waals surface area (Å²) in [6.45, 7) is 11.9. The number of aliphatic carboxylic acids is 1. The molecule has 1 aliphatic carbocycles. The Morgan fingerprint density at radius 1 is 1.00 bits per heavy atom. The first-order valence-electron chi connectivity index (χ1n) is 23.1. The van der Waals surface area contributed by atoms with Gasteiger partial charge in [-0.05, 0) is 85.9 Å². The molecule has 2 saturated heterocycles. The zero-order valence-electron chi connectivity index (χ0n) is 38.0. The predicted molar refractivity (Wildman–Crippen MR) is 244 cm³/mol. The molecular formula is C48H64F3N5O9S. The number of likely N-dealkylation sites (tertiary alicyclic amines) is 1. The Morgan fingerprint density at radius 2 is 1.74 bits per heavy atom. The highest BCUT2D eigenvalue weighted by Gasteiger charge is 2.41. The van der Waals surface area contributed by atoms with Crippen LogP contribution in [0.5, 0.6) is 11.5 Å². The zero-order valence-corrected chi connectivity index (χ0v) is 38.8. The van der Waals surface area contributed by atoms with E-state index in [4.69, 9.17) is 24.1 Å². The normalized spacial score (nSPS) is 17.7. The van der Waals surface area contributed by atoms with Gasteiger partial charge in [-0.15, -0.1) is 11.3 Å². The Balaban J connectivity index is 0.000000952. The summed E-state index contributed by atoms with van der Waals surface area (Å²) in [5, 5.41) is 23.5. The lowest BCUT2D eigenvalue weighted by Gasteiger charge is -2.47. The van der Waals surface area contributed by atoms with Gasteiger partial charge >= 0.3 is 12.1 Å². The molecule has 0 radical (unpaired) electrons. The smallest absolute Gasteiger partial charge is 0.490 e. The number of alkyl halides is 3. The molecule has 66 heavy (non-hydrogen) atoms. The first kappa shape index (κ1) is 50.7. The average Bonchev–Trinajstić information content (AvgIpc) is 3.80. The maximum atomic E-state index is 13.6. The van der Waals surface area contributed by atoms with E-state index in [-0.39, 0.29) is 41.7 Å². The molecular weight excluding hydrogens is 880 g/mol. The number of benzene rings is 2. The second kappa shape index (κ2) is 23.8. The van der Waals surface area contributed by atoms with Gasteiger partial charge in [0.1, 0.15) is 11.4 Å². The molecule has 3 amide bonds. The number of ether oxygens (including phenoxy) is 3. The summed E-state index contributed by atoms with van der Waals surface area (Å²) in [6.07, 6.45) is 4.22. The number of hydrogen-bond acceptors (Lipinski definition) is 11. The van der Waals surface area contributed by atoms with Gasteiger partial charge < -0.3 is 44.9 Å². The number of carboxylic acids is 1. The van der Waals surface area contributed by atoms with Gasteiger partial charge in [0.2, 0.25) is 5.91 Å². The second-order valence-corrected chi connectivity index (χ2v) is 18.9. The molecule has 7 rings (SSSR count). The highest BCUT2D eigenvalue weighted by molar-refractivity contribution is 7.14. The van der Waals surface area contributed by atoms with Crippen LogP contribution in [0, 0.1) is 0 Å². The Labute approximate surface area is 388 Å². The number of rotatable bonds is 17. The number of piperidine rings is 1. The van der Waals surface area contributed by atoms with Gasteiger partial charge in [0.05, 0.1) is 43.3 Å². The third kappa shape index (κ3) is 14.4. The molecule has 362 valence electrons. The van der Waals surface area contributed by atoms with E-state index in [1.807, 2.05) is 17.0 Å². The number of nitrogens with one attached hydrogen (secondary N) is 2. The van der Waals surface area contributed by atoms with Gasteiger partial charge in [0.15, 0.2) is 12.4 Å². The number of carboxylic acid groups (broad SMARTS) is 1. The number of fused-ring (bicyclic) bond motifs is 1. The lowest BCUT2D eigenvalue weighted by atomic mass is 9.89. The predicted octanol–water partition coefficient (Wildman–Crippen LogP) is 6.99. The summed E-state index contributed by atoms with van der Waals surface area (Å²) < 4.78 is 49.8. The first-order chi connectivity index (χ1) is 31.6. The van der Waals surface area contributed by atoms with Crippen LogP contribution in [0.3, 0.4) is 0 Å². The molecule has 1 spiro atoms. The number of phenolic OH excluding ortho intramolecular Hbond substituents is 1. The molecule has 3 fully saturated rings. The molecule has 4 N–H and O–H groups in total. The third-order valence-corrected chi connectivity index (χ3v) is 14.0. The third-order valence-electron chi connectivity index (χ3n) is 12.6. The maximum Gasteiger partial charge on any atom is 0.490 e. The Kier molecular flexibility index (Phi) is 18.3. The van der Waals surface area contributed by atoms with Gasteiger partial charge in [-0.25, -0.2) is 4.79 Å². The highest BCUT2D eigenvalue weighted by Crippen LogP contribution is 2.39. The van der Waals surface area contributed by atoms with Crippen molar-refractivity contribution in [2.75, 3.05) is 77.6 Å². The summed E-state index contributed by atoms with van der Waals surface area (Å²) in [5.74, 6) is -1.79. The summed E-state index contributed by atoms with van der Waals surface area (Å²) in [6, 6.07) is 16.5. The summed E-state index contributed by atoms with van der Waals surface area (Å²) >= 11 is 1.62. The zero-order chi connectivity index (χ0) is 47.3. The van der Waals surface area contributed by atoms with E-state index in [9.17, 15) is 32.7 Å². The first-order valence-corrected chi connectivity index (χ1v) is 23.9. The van der Waals surface area contributed by atoms with Crippen molar-refractivity contribution in [2.45, 2.75) is 108 Å². The number of hydrogen-bond donors (Lipinski definition) is 4. The quantitative estimate of drug-likeness (QED) is 0.0813. The number of carbonyl (C=O) groups excluding carboxylic acids is 3. The topological polar surface area (TPSA) is 170 Å². The van der Waals surface area contributed by atoms with Gasteiger partial charge in [-0.1, -0.05) is 63.4 Å². The van der Waals surface area contributed by atoms with Gasteiger partial charge in [0.25, 0.3) is 11.8 Å². The van der Waals surface area contributed by atoms with Gasteiger partial charge in [0, 0.05) is 50.2 Å². The highest BCUT2D eigenvalue weighted by atomic mass is 32.1. The Hall–Kier alpha value is -4.75. The van der Waals surface area contributed by atoms with Gasteiger partial charge in [-0.3, -0.25) is 19.3 Å². The van der Waals surface area contributed by atoms with E-state index in [1.54, 1.807) is 17.4 Å². The molecule has 4 aliphatic rings. The van der Waals surface area contributed by atoms with Crippen LogP contribution in [0.25, 0.3) is 0 Å². The minimum Gasteiger partial charge on any atom is -0.506 e. The molecule has 14 nitrogen and oxygen atoms in total. The fraction of sp³-hybridized carbons (Fsp3) is 0.583. The van der Waals surface area contributed by atoms with Crippen molar-refractivity contribution >= 4 is 40.7 Å². The van der Waals surface area contributed by atoms with Crippen molar-refractivity contribution in [3.63, 3.8) is 0 Å². The standard InChI is InChI=1S/C46H63N5O7S.C2HF3O2/c1-33(2)39-13-14-40(59-39)45(55)50-25-28-58-46(32-50)18-22-49(23-19-46)30-35-8-6-7-34(29-35)16-26-56-27-17-42(54)51(37-9-4-3-5-10-37)24-21-47-20-15-36-11-12-38(52)43-44(36)57-31-41(53)48-43;3-2(4,5)1(6)7/h6-8,11-14,29,33,37,47,52H,3-5,9-10,15-28,30-32H2,1-2H3,(H,48,53);(H,6,7). The molecule has 0 bridgehead atoms. The minimum atomic E-state index is -5.08. The van der Waals surface area contributed by atoms with Crippen LogP contribution in [0.1, 0.15) is 102 Å². The number of anilines is 1. The van der Waals surface area contributed by atoms with E-state index in [0.717, 1.165) is 75.0 Å². The van der Waals surface area contributed by atoms with E-state index in [1.165, 1.54) is 22.4 Å². The van der Waals surface area contributed by atoms with E-state index in [2.05, 4.69) is 64.6 Å². The Bertz CT molecular complexity index is 2100. The molecule has 1 aromatic heterocycles. The molecule has 0 unspecified atom stereocenters. The average molecular weight is 944 g/mol. The van der Waals surface area contributed by atoms with Crippen molar-refractivity contribution in [3.05, 3.63) is 75.0 Å². The van der Waals surface area contributed by atoms with Crippen LogP contribution in [-0.4, -0.2) is 139 Å². The number of carbonyl (C=O) groups is 4. The van der Waals surface area contributed by atoms with Crippen LogP contribution >= 0.6 is 11.3 Å². The van der Waals surface area contributed by atoms with Crippen LogP contribution in [0.4, 0.5) is 18.9 Å². The molecule has 0 atom stereocenters. The van der Waals surface area contributed by atoms with Crippen molar-refractivity contribution in [1.29, 1.82) is 0 Å². The molecule has 3 aromatic rings. The van der Waals surface area contributed by atoms with E-state index in [0.29, 0.717) is 82.7 Å². The minimum absolute atomic E-state index is 0.00309. The number of morpholine rings is 1. The molecule has 2 aromatic carbocycles. The summed E-state index contributed by atoms with van der Waals surface area (Å²) in [4.78, 5) is 56.2. The fourth-order valence-corrected chi connectivity index (χ4v) is 9.95. The van der Waals surface area contributed by atoms with Crippen LogP contribution in [-0.2, 0) is 43.2 Å². The van der Waals surface area contributed by atoms with E-state index >= 15 is 0 Å². The lowest BCUT2D eigenvalue weighted by molar-refractivity contribution is -0.192. The SMILES string of the molecule is CC(C)c1ccc(C(=O)N2CCOC3(CCN(Cc4cccc(CCOCCC(=O)N(CCNCCc5ccc(O)c6c5OCC(=O)N6)C5CCCCC5)c4)CC3)C2)s1.O=C(O)C(F)(F)F. The summed E-state index contributed by atoms with van der Waals surface area (Å²) in [5.41, 5.74) is 3.51. The monoisotopic (exact) mass is 943 g/mol. The lowest BCUT2D eigenvalue weighted by Crippen LogP contribution is -2.57. The number of aromatic hydroxyl groups is 1. The van der Waals surface area contributed by atoms with Crippen molar-refractivity contribution < 1.29 is 56.8 Å². The molecule has 3 aliphatic heterocycles. The number of nitrogens with zero attached hydrogens (tertiary/aromatic N) is 3. The second-order valence-electron chi connectivity index (χ2n) is 17.8. The van der Waals surface area contributed by atoms with Crippen molar-refractivity contribution in [1.82, 2.24) is 20.0 Å². The number of phenols is 1. The number of amides is 3. The Morgan fingerprint density at radius 3 is 2.45 bits per heavy atom. The largest absolute Gasteiger partial charge is 0.506 e. The van der Waals surface area contributed by atoms with E-state index < -0.39 is 12.1 Å². The van der Waals surface area contributed by atoms with Crippen molar-refractivity contribution in [3.8, 4) is 11.5 Å². The number of halogens is 3. The molecule has 4 heterocycles. The molecule has 18 heteroatoms.